The summed E-state index contributed by atoms with van der Waals surface area (Å²) in [4.78, 5) is 11.6. The molecule has 0 bridgehead atoms. The number of benzene rings is 1. The number of nitrogens with one attached hydrogen (secondary N) is 2. The minimum Gasteiger partial charge on any atom is -0.310 e. The maximum absolute atomic E-state index is 11.6. The summed E-state index contributed by atoms with van der Waals surface area (Å²) < 4.78 is 0. The van der Waals surface area contributed by atoms with Crippen molar-refractivity contribution >= 4 is 35.1 Å². The number of halogens is 1. The molecule has 1 atom stereocenters. The van der Waals surface area contributed by atoms with Crippen molar-refractivity contribution in [2.24, 2.45) is 0 Å². The fourth-order valence-corrected chi connectivity index (χ4v) is 3.25. The number of hydrogen-bond acceptors (Lipinski definition) is 3. The summed E-state index contributed by atoms with van der Waals surface area (Å²) in [7, 11) is 0. The van der Waals surface area contributed by atoms with Crippen LogP contribution in [-0.2, 0) is 4.79 Å². The van der Waals surface area contributed by atoms with E-state index in [1.54, 1.807) is 18.0 Å². The number of anilines is 1. The zero-order valence-corrected chi connectivity index (χ0v) is 10.9. The largest absolute Gasteiger partial charge is 0.310 e. The van der Waals surface area contributed by atoms with E-state index in [1.807, 2.05) is 24.3 Å². The summed E-state index contributed by atoms with van der Waals surface area (Å²) in [6.07, 6.45) is 1.75. The fourth-order valence-electron chi connectivity index (χ4n) is 1.96. The number of carbonyl (C=O) groups is 1. The lowest BCUT2D eigenvalue weighted by Crippen LogP contribution is -2.12. The van der Waals surface area contributed by atoms with E-state index in [0.29, 0.717) is 16.6 Å². The highest BCUT2D eigenvalue weighted by Crippen LogP contribution is 2.40. The van der Waals surface area contributed by atoms with Gasteiger partial charge in [-0.05, 0) is 17.7 Å². The summed E-state index contributed by atoms with van der Waals surface area (Å²) in [5.41, 5.74) is 2.06. The van der Waals surface area contributed by atoms with E-state index < -0.39 is 0 Å². The first-order chi connectivity index (χ1) is 8.74. The Kier molecular flexibility index (Phi) is 3.01. The van der Waals surface area contributed by atoms with E-state index in [2.05, 4.69) is 15.5 Å². The molecule has 1 aliphatic heterocycles. The Morgan fingerprint density at radius 1 is 1.44 bits per heavy atom. The zero-order valence-electron chi connectivity index (χ0n) is 9.31. The van der Waals surface area contributed by atoms with Crippen LogP contribution in [0.4, 0.5) is 5.82 Å². The second-order valence-corrected chi connectivity index (χ2v) is 5.52. The SMILES string of the molecule is O=C1CS[C@H](c2cccc(Cl)c2)c2cn[nH]c2N1. The quantitative estimate of drug-likeness (QED) is 0.844. The number of thioether (sulfide) groups is 1. The average molecular weight is 280 g/mol. The van der Waals surface area contributed by atoms with Crippen molar-refractivity contribution in [3.63, 3.8) is 0 Å². The normalized spacial score (nSPS) is 18.9. The van der Waals surface area contributed by atoms with Crippen LogP contribution >= 0.6 is 23.4 Å². The van der Waals surface area contributed by atoms with E-state index in [9.17, 15) is 4.79 Å². The van der Waals surface area contributed by atoms with Crippen molar-refractivity contribution in [1.82, 2.24) is 10.2 Å². The van der Waals surface area contributed by atoms with E-state index in [1.165, 1.54) is 0 Å². The van der Waals surface area contributed by atoms with Crippen LogP contribution < -0.4 is 5.32 Å². The molecule has 4 nitrogen and oxygen atoms in total. The lowest BCUT2D eigenvalue weighted by molar-refractivity contribution is -0.113. The molecule has 0 radical (unpaired) electrons. The third kappa shape index (κ3) is 2.11. The lowest BCUT2D eigenvalue weighted by Gasteiger charge is -2.13. The maximum atomic E-state index is 11.6. The second kappa shape index (κ2) is 4.66. The number of amides is 1. The predicted octanol–water partition coefficient (Wildman–Crippen LogP) is 2.84. The molecule has 1 aromatic heterocycles. The smallest absolute Gasteiger partial charge is 0.235 e. The molecule has 0 spiro atoms. The third-order valence-corrected chi connectivity index (χ3v) is 4.27. The monoisotopic (exact) mass is 279 g/mol. The highest BCUT2D eigenvalue weighted by molar-refractivity contribution is 8.00. The van der Waals surface area contributed by atoms with Crippen LogP contribution in [0.3, 0.4) is 0 Å². The van der Waals surface area contributed by atoms with Gasteiger partial charge in [-0.15, -0.1) is 11.8 Å². The molecule has 0 fully saturated rings. The summed E-state index contributed by atoms with van der Waals surface area (Å²) in [6, 6.07) is 7.69. The topological polar surface area (TPSA) is 57.8 Å². The van der Waals surface area contributed by atoms with Crippen molar-refractivity contribution in [3.05, 3.63) is 46.6 Å². The van der Waals surface area contributed by atoms with E-state index in [4.69, 9.17) is 11.6 Å². The maximum Gasteiger partial charge on any atom is 0.235 e. The summed E-state index contributed by atoms with van der Waals surface area (Å²) in [6.45, 7) is 0. The van der Waals surface area contributed by atoms with Crippen molar-refractivity contribution < 1.29 is 4.79 Å². The summed E-state index contributed by atoms with van der Waals surface area (Å²) in [5, 5.41) is 10.4. The molecular weight excluding hydrogens is 270 g/mol. The van der Waals surface area contributed by atoms with E-state index >= 15 is 0 Å². The van der Waals surface area contributed by atoms with Crippen LogP contribution in [0, 0.1) is 0 Å². The van der Waals surface area contributed by atoms with Gasteiger partial charge in [0.25, 0.3) is 0 Å². The van der Waals surface area contributed by atoms with Crippen LogP contribution in [0.25, 0.3) is 0 Å². The van der Waals surface area contributed by atoms with Gasteiger partial charge >= 0.3 is 0 Å². The first-order valence-electron chi connectivity index (χ1n) is 5.44. The molecule has 18 heavy (non-hydrogen) atoms. The molecule has 6 heteroatoms. The zero-order chi connectivity index (χ0) is 12.5. The molecular formula is C12H10ClN3OS. The fraction of sp³-hybridized carbons (Fsp3) is 0.167. The van der Waals surface area contributed by atoms with Crippen LogP contribution in [0.5, 0.6) is 0 Å². The van der Waals surface area contributed by atoms with Crippen molar-refractivity contribution in [1.29, 1.82) is 0 Å². The van der Waals surface area contributed by atoms with Gasteiger partial charge in [0.15, 0.2) is 0 Å². The van der Waals surface area contributed by atoms with Crippen LogP contribution in [0.2, 0.25) is 5.02 Å². The Morgan fingerprint density at radius 3 is 3.17 bits per heavy atom. The van der Waals surface area contributed by atoms with Gasteiger partial charge in [-0.3, -0.25) is 9.89 Å². The summed E-state index contributed by atoms with van der Waals surface area (Å²) >= 11 is 7.59. The Bertz CT molecular complexity index is 599. The third-order valence-electron chi connectivity index (χ3n) is 2.75. The molecule has 0 saturated heterocycles. The Balaban J connectivity index is 2.05. The number of carbonyl (C=O) groups excluding carboxylic acids is 1. The molecule has 0 saturated carbocycles. The van der Waals surface area contributed by atoms with Crippen LogP contribution in [0.1, 0.15) is 16.4 Å². The minimum atomic E-state index is -0.0185. The summed E-state index contributed by atoms with van der Waals surface area (Å²) in [5.74, 6) is 1.07. The van der Waals surface area contributed by atoms with Crippen molar-refractivity contribution in [3.8, 4) is 0 Å². The molecule has 0 unspecified atom stereocenters. The highest BCUT2D eigenvalue weighted by atomic mass is 35.5. The van der Waals surface area contributed by atoms with Gasteiger partial charge in [0.05, 0.1) is 17.2 Å². The Hall–Kier alpha value is -1.46. The van der Waals surface area contributed by atoms with Gasteiger partial charge in [0, 0.05) is 10.6 Å². The molecule has 1 amide bonds. The van der Waals surface area contributed by atoms with Gasteiger partial charge in [0.2, 0.25) is 5.91 Å². The molecule has 92 valence electrons. The van der Waals surface area contributed by atoms with E-state index in [-0.39, 0.29) is 11.2 Å². The molecule has 1 aromatic carbocycles. The predicted molar refractivity (Wildman–Crippen MR) is 73.0 cm³/mol. The van der Waals surface area contributed by atoms with Gasteiger partial charge in [-0.1, -0.05) is 23.7 Å². The van der Waals surface area contributed by atoms with Crippen molar-refractivity contribution in [2.45, 2.75) is 5.25 Å². The molecule has 2 heterocycles. The first-order valence-corrected chi connectivity index (χ1v) is 6.87. The first kappa shape index (κ1) is 11.6. The van der Waals surface area contributed by atoms with Crippen molar-refractivity contribution in [2.75, 3.05) is 11.1 Å². The second-order valence-electron chi connectivity index (χ2n) is 3.99. The number of aromatic nitrogens is 2. The molecule has 1 aliphatic rings. The minimum absolute atomic E-state index is 0.0185. The lowest BCUT2D eigenvalue weighted by atomic mass is 10.1. The number of aromatic amines is 1. The van der Waals surface area contributed by atoms with E-state index in [0.717, 1.165) is 11.1 Å². The number of hydrogen-bond donors (Lipinski definition) is 2. The standard InChI is InChI=1S/C12H10ClN3OS/c13-8-3-1-2-7(4-8)11-9-5-14-16-12(9)15-10(17)6-18-11/h1-5,11H,6H2,(H2,14,15,16,17)/t11-/m1/s1. The van der Waals surface area contributed by atoms with Crippen LogP contribution in [-0.4, -0.2) is 21.9 Å². The van der Waals surface area contributed by atoms with Crippen LogP contribution in [0.15, 0.2) is 30.5 Å². The highest BCUT2D eigenvalue weighted by Gasteiger charge is 2.25. The average Bonchev–Trinajstić information content (AvgIpc) is 2.72. The number of fused-ring (bicyclic) bond motifs is 1. The molecule has 3 rings (SSSR count). The molecule has 2 aromatic rings. The van der Waals surface area contributed by atoms with Gasteiger partial charge in [0.1, 0.15) is 5.82 Å². The number of H-pyrrole nitrogens is 1. The van der Waals surface area contributed by atoms with Gasteiger partial charge in [-0.2, -0.15) is 5.10 Å². The molecule has 2 N–H and O–H groups in total. The Labute approximate surface area is 113 Å². The van der Waals surface area contributed by atoms with Gasteiger partial charge in [-0.25, -0.2) is 0 Å². The van der Waals surface area contributed by atoms with Gasteiger partial charge < -0.3 is 5.32 Å². The molecule has 0 aliphatic carbocycles. The number of nitrogens with zero attached hydrogens (tertiary/aromatic N) is 1. The Morgan fingerprint density at radius 2 is 2.33 bits per heavy atom. The number of rotatable bonds is 1.